The SMILES string of the molecule is CC[C@@H]1C[C@@](C)(c2csc(Nc3ccccc3)n2)OC1=O. The highest BCUT2D eigenvalue weighted by Gasteiger charge is 2.45. The minimum Gasteiger partial charge on any atom is -0.453 e. The molecule has 21 heavy (non-hydrogen) atoms. The summed E-state index contributed by atoms with van der Waals surface area (Å²) in [6.07, 6.45) is 1.52. The third-order valence-corrected chi connectivity index (χ3v) is 4.62. The average molecular weight is 302 g/mol. The summed E-state index contributed by atoms with van der Waals surface area (Å²) in [5.74, 6) is -0.118. The maximum Gasteiger partial charge on any atom is 0.310 e. The molecule has 4 nitrogen and oxygen atoms in total. The summed E-state index contributed by atoms with van der Waals surface area (Å²) in [7, 11) is 0. The molecule has 0 radical (unpaired) electrons. The smallest absolute Gasteiger partial charge is 0.310 e. The summed E-state index contributed by atoms with van der Waals surface area (Å²) in [6, 6.07) is 9.91. The molecular formula is C16H18N2O2S. The van der Waals surface area contributed by atoms with Gasteiger partial charge in [0, 0.05) is 17.5 Å². The quantitative estimate of drug-likeness (QED) is 0.865. The Morgan fingerprint density at radius 2 is 2.19 bits per heavy atom. The summed E-state index contributed by atoms with van der Waals surface area (Å²) in [6.45, 7) is 3.96. The van der Waals surface area contributed by atoms with E-state index in [1.165, 1.54) is 11.3 Å². The van der Waals surface area contributed by atoms with Gasteiger partial charge in [-0.05, 0) is 25.5 Å². The van der Waals surface area contributed by atoms with Crippen molar-refractivity contribution in [1.29, 1.82) is 0 Å². The summed E-state index contributed by atoms with van der Waals surface area (Å²) in [4.78, 5) is 16.4. The molecule has 110 valence electrons. The van der Waals surface area contributed by atoms with Crippen molar-refractivity contribution in [3.63, 3.8) is 0 Å². The van der Waals surface area contributed by atoms with Crippen molar-refractivity contribution < 1.29 is 9.53 Å². The second kappa shape index (κ2) is 5.48. The molecule has 1 N–H and O–H groups in total. The van der Waals surface area contributed by atoms with Crippen molar-refractivity contribution in [3.05, 3.63) is 41.4 Å². The normalized spacial score (nSPS) is 24.9. The maximum absolute atomic E-state index is 11.8. The molecule has 2 heterocycles. The Hall–Kier alpha value is -1.88. The number of carbonyl (C=O) groups excluding carboxylic acids is 1. The Bertz CT molecular complexity index is 641. The predicted octanol–water partition coefficient (Wildman–Crippen LogP) is 4.08. The first-order valence-electron chi connectivity index (χ1n) is 7.11. The molecule has 0 saturated carbocycles. The van der Waals surface area contributed by atoms with Gasteiger partial charge in [0.1, 0.15) is 0 Å². The highest BCUT2D eigenvalue weighted by molar-refractivity contribution is 7.13. The first-order chi connectivity index (χ1) is 10.1. The summed E-state index contributed by atoms with van der Waals surface area (Å²) >= 11 is 1.53. The molecule has 1 fully saturated rings. The van der Waals surface area contributed by atoms with Crippen LogP contribution in [0.25, 0.3) is 0 Å². The fourth-order valence-corrected chi connectivity index (χ4v) is 3.44. The number of ether oxygens (including phenoxy) is 1. The van der Waals surface area contributed by atoms with E-state index in [2.05, 4.69) is 10.3 Å². The van der Waals surface area contributed by atoms with Crippen molar-refractivity contribution in [2.75, 3.05) is 5.32 Å². The largest absolute Gasteiger partial charge is 0.453 e. The van der Waals surface area contributed by atoms with Crippen molar-refractivity contribution in [2.45, 2.75) is 32.3 Å². The Morgan fingerprint density at radius 1 is 1.43 bits per heavy atom. The minimum absolute atomic E-state index is 0.0118. The van der Waals surface area contributed by atoms with Crippen LogP contribution in [-0.2, 0) is 15.1 Å². The molecule has 2 atom stereocenters. The molecule has 3 rings (SSSR count). The van der Waals surface area contributed by atoms with E-state index in [4.69, 9.17) is 4.74 Å². The lowest BCUT2D eigenvalue weighted by Crippen LogP contribution is -2.21. The molecular weight excluding hydrogens is 284 g/mol. The summed E-state index contributed by atoms with van der Waals surface area (Å²) < 4.78 is 5.58. The number of nitrogens with zero attached hydrogens (tertiary/aromatic N) is 1. The van der Waals surface area contributed by atoms with Crippen molar-refractivity contribution in [2.24, 2.45) is 5.92 Å². The van der Waals surface area contributed by atoms with Gasteiger partial charge in [-0.2, -0.15) is 0 Å². The van der Waals surface area contributed by atoms with E-state index >= 15 is 0 Å². The van der Waals surface area contributed by atoms with Crippen LogP contribution in [0.2, 0.25) is 0 Å². The highest BCUT2D eigenvalue weighted by atomic mass is 32.1. The average Bonchev–Trinajstić information content (AvgIpc) is 3.05. The van der Waals surface area contributed by atoms with Crippen LogP contribution in [0.4, 0.5) is 10.8 Å². The number of anilines is 2. The van der Waals surface area contributed by atoms with Crippen LogP contribution in [0.5, 0.6) is 0 Å². The molecule has 1 saturated heterocycles. The number of cyclic esters (lactones) is 1. The van der Waals surface area contributed by atoms with E-state index in [-0.39, 0.29) is 11.9 Å². The first kappa shape index (κ1) is 14.1. The van der Waals surface area contributed by atoms with E-state index in [1.807, 2.05) is 49.6 Å². The van der Waals surface area contributed by atoms with Crippen LogP contribution < -0.4 is 5.32 Å². The first-order valence-corrected chi connectivity index (χ1v) is 7.99. The number of hydrogen-bond donors (Lipinski definition) is 1. The molecule has 1 aliphatic rings. The zero-order chi connectivity index (χ0) is 14.9. The summed E-state index contributed by atoms with van der Waals surface area (Å²) in [5, 5.41) is 6.05. The van der Waals surface area contributed by atoms with Gasteiger partial charge in [-0.25, -0.2) is 4.98 Å². The second-order valence-electron chi connectivity index (χ2n) is 5.49. The van der Waals surface area contributed by atoms with Gasteiger partial charge in [-0.15, -0.1) is 11.3 Å². The van der Waals surface area contributed by atoms with Crippen LogP contribution in [0.15, 0.2) is 35.7 Å². The third-order valence-electron chi connectivity index (χ3n) is 3.86. The van der Waals surface area contributed by atoms with Gasteiger partial charge in [-0.1, -0.05) is 25.1 Å². The fourth-order valence-electron chi connectivity index (χ4n) is 2.59. The van der Waals surface area contributed by atoms with Crippen molar-refractivity contribution in [1.82, 2.24) is 4.98 Å². The Morgan fingerprint density at radius 3 is 2.86 bits per heavy atom. The Balaban J connectivity index is 1.78. The van der Waals surface area contributed by atoms with Gasteiger partial charge >= 0.3 is 5.97 Å². The fraction of sp³-hybridized carbons (Fsp3) is 0.375. The molecule has 1 aromatic heterocycles. The van der Waals surface area contributed by atoms with Gasteiger partial charge in [0.05, 0.1) is 11.6 Å². The Kier molecular flexibility index (Phi) is 3.68. The number of rotatable bonds is 4. The lowest BCUT2D eigenvalue weighted by atomic mass is 9.92. The van der Waals surface area contributed by atoms with E-state index in [0.717, 1.165) is 22.9 Å². The molecule has 1 aromatic carbocycles. The molecule has 2 aromatic rings. The lowest BCUT2D eigenvalue weighted by Gasteiger charge is -2.19. The number of benzene rings is 1. The van der Waals surface area contributed by atoms with Gasteiger partial charge < -0.3 is 10.1 Å². The van der Waals surface area contributed by atoms with Crippen LogP contribution >= 0.6 is 11.3 Å². The van der Waals surface area contributed by atoms with Gasteiger partial charge in [0.2, 0.25) is 0 Å². The Labute approximate surface area is 128 Å². The number of esters is 1. The van der Waals surface area contributed by atoms with Crippen LogP contribution in [0, 0.1) is 5.92 Å². The lowest BCUT2D eigenvalue weighted by molar-refractivity contribution is -0.150. The molecule has 5 heteroatoms. The van der Waals surface area contributed by atoms with Crippen LogP contribution in [0.3, 0.4) is 0 Å². The van der Waals surface area contributed by atoms with Gasteiger partial charge in [-0.3, -0.25) is 4.79 Å². The van der Waals surface area contributed by atoms with Crippen molar-refractivity contribution >= 4 is 28.1 Å². The number of thiazole rings is 1. The molecule has 0 spiro atoms. The van der Waals surface area contributed by atoms with Gasteiger partial charge in [0.15, 0.2) is 10.7 Å². The van der Waals surface area contributed by atoms with Crippen molar-refractivity contribution in [3.8, 4) is 0 Å². The number of carbonyl (C=O) groups is 1. The molecule has 0 unspecified atom stereocenters. The number of aromatic nitrogens is 1. The monoisotopic (exact) mass is 302 g/mol. The van der Waals surface area contributed by atoms with E-state index < -0.39 is 5.60 Å². The van der Waals surface area contributed by atoms with E-state index in [9.17, 15) is 4.79 Å². The maximum atomic E-state index is 11.8. The van der Waals surface area contributed by atoms with E-state index in [0.29, 0.717) is 6.42 Å². The summed E-state index contributed by atoms with van der Waals surface area (Å²) in [5.41, 5.74) is 1.24. The van der Waals surface area contributed by atoms with Gasteiger partial charge in [0.25, 0.3) is 0 Å². The molecule has 0 aliphatic carbocycles. The zero-order valence-corrected chi connectivity index (χ0v) is 12.9. The van der Waals surface area contributed by atoms with Crippen LogP contribution in [-0.4, -0.2) is 11.0 Å². The highest BCUT2D eigenvalue weighted by Crippen LogP contribution is 2.41. The topological polar surface area (TPSA) is 51.2 Å². The minimum atomic E-state index is -0.592. The number of nitrogens with one attached hydrogen (secondary N) is 1. The zero-order valence-electron chi connectivity index (χ0n) is 12.1. The van der Waals surface area contributed by atoms with Crippen LogP contribution in [0.1, 0.15) is 32.4 Å². The molecule has 0 amide bonds. The molecule has 1 aliphatic heterocycles. The standard InChI is InChI=1S/C16H18N2O2S/c1-3-11-9-16(2,20-14(11)19)13-10-21-15(18-13)17-12-7-5-4-6-8-12/h4-8,10-11H,3,9H2,1-2H3,(H,17,18)/t11-,16+/m1/s1. The van der Waals surface area contributed by atoms with E-state index in [1.54, 1.807) is 0 Å². The number of para-hydroxylation sites is 1. The predicted molar refractivity (Wildman–Crippen MR) is 83.7 cm³/mol. The molecule has 0 bridgehead atoms. The third kappa shape index (κ3) is 2.78. The second-order valence-corrected chi connectivity index (χ2v) is 6.35. The number of hydrogen-bond acceptors (Lipinski definition) is 5.